The van der Waals surface area contributed by atoms with Crippen molar-refractivity contribution in [2.24, 2.45) is 0 Å². The maximum absolute atomic E-state index is 12.6. The Labute approximate surface area is 128 Å². The highest BCUT2D eigenvalue weighted by Crippen LogP contribution is 2.35. The Morgan fingerprint density at radius 1 is 1.27 bits per heavy atom. The van der Waals surface area contributed by atoms with Gasteiger partial charge in [0.2, 0.25) is 0 Å². The second-order valence-corrected chi connectivity index (χ2v) is 5.04. The molecule has 1 aliphatic heterocycles. The lowest BCUT2D eigenvalue weighted by atomic mass is 10.0. The van der Waals surface area contributed by atoms with Crippen LogP contribution in [0.2, 0.25) is 0 Å². The summed E-state index contributed by atoms with van der Waals surface area (Å²) in [6.45, 7) is 2.36. The van der Waals surface area contributed by atoms with Crippen molar-refractivity contribution in [2.75, 3.05) is 6.61 Å². The van der Waals surface area contributed by atoms with Crippen molar-refractivity contribution in [2.45, 2.75) is 19.5 Å². The van der Waals surface area contributed by atoms with Gasteiger partial charge in [0, 0.05) is 24.5 Å². The summed E-state index contributed by atoms with van der Waals surface area (Å²) in [5.74, 6) is -0.554. The third-order valence-corrected chi connectivity index (χ3v) is 3.64. The number of aromatic nitrogens is 1. The minimum absolute atomic E-state index is 0.155. The first kappa shape index (κ1) is 14.3. The lowest BCUT2D eigenvalue weighted by Crippen LogP contribution is -2.33. The van der Waals surface area contributed by atoms with Gasteiger partial charge in [0.15, 0.2) is 6.04 Å². The monoisotopic (exact) mass is 296 g/mol. The largest absolute Gasteiger partial charge is 0.464 e. The predicted octanol–water partition coefficient (Wildman–Crippen LogP) is 2.34. The van der Waals surface area contributed by atoms with Crippen LogP contribution in [0.4, 0.5) is 0 Å². The van der Waals surface area contributed by atoms with Crippen LogP contribution >= 0.6 is 0 Å². The lowest BCUT2D eigenvalue weighted by Gasteiger charge is -2.23. The molecule has 1 atom stereocenters. The zero-order valence-corrected chi connectivity index (χ0v) is 12.2. The predicted molar refractivity (Wildman–Crippen MR) is 79.9 cm³/mol. The van der Waals surface area contributed by atoms with E-state index in [1.54, 1.807) is 42.4 Å². The number of carbonyl (C=O) groups excluding carboxylic acids is 2. The van der Waals surface area contributed by atoms with Crippen molar-refractivity contribution < 1.29 is 14.3 Å². The van der Waals surface area contributed by atoms with Crippen LogP contribution in [0.3, 0.4) is 0 Å². The number of esters is 1. The maximum atomic E-state index is 12.6. The molecule has 0 aliphatic carbocycles. The Morgan fingerprint density at radius 2 is 2.09 bits per heavy atom. The van der Waals surface area contributed by atoms with Crippen LogP contribution in [0.5, 0.6) is 0 Å². The molecular formula is C17H16N2O3. The Morgan fingerprint density at radius 3 is 2.82 bits per heavy atom. The molecule has 3 rings (SSSR count). The third kappa shape index (κ3) is 2.45. The minimum Gasteiger partial charge on any atom is -0.464 e. The van der Waals surface area contributed by atoms with Gasteiger partial charge in [-0.1, -0.05) is 24.3 Å². The summed E-state index contributed by atoms with van der Waals surface area (Å²) in [5, 5.41) is 0. The summed E-state index contributed by atoms with van der Waals surface area (Å²) in [6.07, 6.45) is 3.37. The van der Waals surface area contributed by atoms with Gasteiger partial charge in [-0.25, -0.2) is 4.79 Å². The van der Waals surface area contributed by atoms with E-state index < -0.39 is 12.0 Å². The van der Waals surface area contributed by atoms with E-state index in [4.69, 9.17) is 4.74 Å². The van der Waals surface area contributed by atoms with Gasteiger partial charge >= 0.3 is 5.97 Å². The van der Waals surface area contributed by atoms with Crippen molar-refractivity contribution >= 4 is 11.9 Å². The Hall–Kier alpha value is -2.69. The van der Waals surface area contributed by atoms with Gasteiger partial charge in [-0.2, -0.15) is 0 Å². The van der Waals surface area contributed by atoms with Crippen molar-refractivity contribution in [3.05, 3.63) is 65.5 Å². The van der Waals surface area contributed by atoms with Gasteiger partial charge in [-0.3, -0.25) is 9.78 Å². The zero-order valence-electron chi connectivity index (χ0n) is 12.2. The molecule has 0 saturated carbocycles. The second-order valence-electron chi connectivity index (χ2n) is 5.04. The van der Waals surface area contributed by atoms with Gasteiger partial charge in [-0.15, -0.1) is 0 Å². The van der Waals surface area contributed by atoms with Crippen molar-refractivity contribution in [1.82, 2.24) is 9.88 Å². The first-order valence-corrected chi connectivity index (χ1v) is 7.17. The van der Waals surface area contributed by atoms with Crippen molar-refractivity contribution in [1.29, 1.82) is 0 Å². The first-order chi connectivity index (χ1) is 10.7. The molecule has 5 nitrogen and oxygen atoms in total. The summed E-state index contributed by atoms with van der Waals surface area (Å²) < 4.78 is 5.15. The fourth-order valence-corrected chi connectivity index (χ4v) is 2.70. The molecule has 0 bridgehead atoms. The number of nitrogens with zero attached hydrogens (tertiary/aromatic N) is 2. The molecule has 22 heavy (non-hydrogen) atoms. The van der Waals surface area contributed by atoms with E-state index in [0.29, 0.717) is 17.7 Å². The highest BCUT2D eigenvalue weighted by atomic mass is 16.5. The van der Waals surface area contributed by atoms with Crippen molar-refractivity contribution in [3.8, 4) is 0 Å². The molecule has 2 heterocycles. The number of ether oxygens (including phenoxy) is 1. The summed E-state index contributed by atoms with van der Waals surface area (Å²) in [5.41, 5.74) is 2.14. The number of amides is 1. The average molecular weight is 296 g/mol. The summed E-state index contributed by atoms with van der Waals surface area (Å²) >= 11 is 0. The highest BCUT2D eigenvalue weighted by Gasteiger charge is 2.41. The molecule has 0 N–H and O–H groups in total. The molecule has 112 valence electrons. The molecule has 0 radical (unpaired) electrons. The molecule has 1 aromatic carbocycles. The fraction of sp³-hybridized carbons (Fsp3) is 0.235. The smallest absolute Gasteiger partial charge is 0.333 e. The Bertz CT molecular complexity index is 700. The SMILES string of the molecule is CCOC(=O)C1c2ccccc2C(=O)N1Cc1cccnc1. The number of pyridine rings is 1. The average Bonchev–Trinajstić information content (AvgIpc) is 2.82. The van der Waals surface area contributed by atoms with Crippen LogP contribution in [0.25, 0.3) is 0 Å². The Balaban J connectivity index is 1.97. The summed E-state index contributed by atoms with van der Waals surface area (Å²) in [6, 6.07) is 10.2. The standard InChI is InChI=1S/C17H16N2O3/c1-2-22-17(21)15-13-7-3-4-8-14(13)16(20)19(15)11-12-6-5-9-18-10-12/h3-10,15H,2,11H2,1H3. The topological polar surface area (TPSA) is 59.5 Å². The maximum Gasteiger partial charge on any atom is 0.333 e. The van der Waals surface area contributed by atoms with E-state index in [-0.39, 0.29) is 12.5 Å². The molecule has 1 aromatic heterocycles. The van der Waals surface area contributed by atoms with Gasteiger partial charge in [0.25, 0.3) is 5.91 Å². The molecule has 0 saturated heterocycles. The van der Waals surface area contributed by atoms with Crippen molar-refractivity contribution in [3.63, 3.8) is 0 Å². The van der Waals surface area contributed by atoms with Gasteiger partial charge in [0.05, 0.1) is 6.61 Å². The van der Waals surface area contributed by atoms with Crippen LogP contribution in [0, 0.1) is 0 Å². The lowest BCUT2D eigenvalue weighted by molar-refractivity contribution is -0.148. The molecule has 1 aliphatic rings. The van der Waals surface area contributed by atoms with Crippen LogP contribution in [0.1, 0.15) is 34.5 Å². The van der Waals surface area contributed by atoms with E-state index in [1.165, 1.54) is 0 Å². The number of carbonyl (C=O) groups is 2. The first-order valence-electron chi connectivity index (χ1n) is 7.17. The molecule has 1 amide bonds. The molecule has 5 heteroatoms. The fourth-order valence-electron chi connectivity index (χ4n) is 2.70. The number of benzene rings is 1. The van der Waals surface area contributed by atoms with Crippen LogP contribution in [-0.2, 0) is 16.1 Å². The number of hydrogen-bond donors (Lipinski definition) is 0. The van der Waals surface area contributed by atoms with E-state index in [9.17, 15) is 9.59 Å². The normalized spacial score (nSPS) is 16.5. The highest BCUT2D eigenvalue weighted by molar-refractivity contribution is 6.03. The van der Waals surface area contributed by atoms with Gasteiger partial charge in [-0.05, 0) is 30.2 Å². The van der Waals surface area contributed by atoms with Gasteiger partial charge < -0.3 is 9.64 Å². The molecular weight excluding hydrogens is 280 g/mol. The number of rotatable bonds is 4. The van der Waals surface area contributed by atoms with Crippen LogP contribution in [0.15, 0.2) is 48.8 Å². The van der Waals surface area contributed by atoms with E-state index in [0.717, 1.165) is 5.56 Å². The third-order valence-electron chi connectivity index (χ3n) is 3.64. The van der Waals surface area contributed by atoms with Gasteiger partial charge in [0.1, 0.15) is 0 Å². The quantitative estimate of drug-likeness (QED) is 0.813. The second kappa shape index (κ2) is 5.97. The van der Waals surface area contributed by atoms with E-state index in [1.807, 2.05) is 18.2 Å². The summed E-state index contributed by atoms with van der Waals surface area (Å²) in [4.78, 5) is 30.5. The number of hydrogen-bond acceptors (Lipinski definition) is 4. The molecule has 0 fully saturated rings. The van der Waals surface area contributed by atoms with Crippen LogP contribution < -0.4 is 0 Å². The molecule has 1 unspecified atom stereocenters. The van der Waals surface area contributed by atoms with Crippen LogP contribution in [-0.4, -0.2) is 28.4 Å². The number of fused-ring (bicyclic) bond motifs is 1. The molecule has 2 aromatic rings. The van der Waals surface area contributed by atoms with E-state index >= 15 is 0 Å². The molecule has 0 spiro atoms. The van der Waals surface area contributed by atoms with E-state index in [2.05, 4.69) is 4.98 Å². The summed E-state index contributed by atoms with van der Waals surface area (Å²) in [7, 11) is 0. The zero-order chi connectivity index (χ0) is 15.5. The Kier molecular flexibility index (Phi) is 3.87. The minimum atomic E-state index is -0.691.